The predicted octanol–water partition coefficient (Wildman–Crippen LogP) is 0.553. The van der Waals surface area contributed by atoms with Gasteiger partial charge in [-0.25, -0.2) is 0 Å². The fraction of sp³-hybridized carbons (Fsp3) is 0.276. The van der Waals surface area contributed by atoms with E-state index in [1.54, 1.807) is 18.2 Å². The molecule has 23 heteroatoms. The predicted molar refractivity (Wildman–Crippen MR) is 197 cm³/mol. The molecule has 2 aromatic heterocycles. The summed E-state index contributed by atoms with van der Waals surface area (Å²) in [5, 5.41) is 29.1. The Balaban J connectivity index is 1.70. The number of amides is 1. The van der Waals surface area contributed by atoms with Crippen LogP contribution in [0.15, 0.2) is 43.8 Å². The monoisotopic (exact) mass is 830 g/mol. The highest BCUT2D eigenvalue weighted by Gasteiger charge is 2.35. The summed E-state index contributed by atoms with van der Waals surface area (Å²) in [6.07, 6.45) is 3.57. The molecule has 3 aromatic rings. The first-order valence-electron chi connectivity index (χ1n) is 14.7. The Hall–Kier alpha value is -4.26. The average Bonchev–Trinajstić information content (AvgIpc) is 3.75. The molecule has 17 nitrogen and oxygen atoms in total. The molecule has 4 N–H and O–H groups in total. The van der Waals surface area contributed by atoms with Crippen LogP contribution in [0.5, 0.6) is 5.75 Å². The molecule has 2 aliphatic heterocycles. The standard InChI is InChI=1S/C29H26N4O13S6/c1-46-14-4-5-16-15(10-14)30(8-2-3-9-52(43,44)45)18(48-16)7-6-17-24(40)31(11-19(34)35)27(49-17)22-25(41)32(12-20(36)37)28(50-22)23-26(42)33(13-21(38)39)29(47)51-23/h4-7,10H,2-3,8-9,11-13H2,1H3,(H,34,35)(H,36,37)(H,38,39)(H,43,44,45)/b17-6?,18-7?,27-22+,28-23+. The van der Waals surface area contributed by atoms with Crippen molar-refractivity contribution in [2.75, 3.05) is 30.9 Å². The summed E-state index contributed by atoms with van der Waals surface area (Å²) in [7, 11) is -2.66. The maximum Gasteiger partial charge on any atom is 0.323 e. The van der Waals surface area contributed by atoms with Gasteiger partial charge in [0.2, 0.25) is 0 Å². The van der Waals surface area contributed by atoms with Crippen LogP contribution >= 0.6 is 58.4 Å². The second-order valence-corrected chi connectivity index (χ2v) is 17.1. The van der Waals surface area contributed by atoms with Crippen molar-refractivity contribution < 1.29 is 52.2 Å². The van der Waals surface area contributed by atoms with E-state index in [1.807, 2.05) is 11.0 Å². The number of carboxylic acids is 3. The van der Waals surface area contributed by atoms with Crippen LogP contribution in [0.4, 0.5) is 5.69 Å². The first-order valence-corrected chi connectivity index (χ1v) is 19.9. The van der Waals surface area contributed by atoms with Crippen LogP contribution in [0.3, 0.4) is 0 Å². The minimum atomic E-state index is -4.16. The maximum atomic E-state index is 13.7. The molecule has 1 fully saturated rings. The van der Waals surface area contributed by atoms with E-state index < -0.39 is 70.4 Å². The van der Waals surface area contributed by atoms with E-state index in [4.69, 9.17) is 21.5 Å². The van der Waals surface area contributed by atoms with Gasteiger partial charge < -0.3 is 25.0 Å². The quantitative estimate of drug-likeness (QED) is 0.104. The number of carbonyl (C=O) groups is 4. The SMILES string of the molecule is COc1ccc2c(c1)N(CCCCS(=O)(=O)O)C(=CC=c1s/c(=c3/s/c(=C4/SC(=S)N(CC(=O)O)C4=O)n(CC(=O)O)c3=O)n(CC(=O)O)c1=O)S2. The number of thiazole rings is 2. The lowest BCUT2D eigenvalue weighted by Crippen LogP contribution is -2.35. The molecule has 2 aliphatic rings. The highest BCUT2D eigenvalue weighted by molar-refractivity contribution is 8.30. The van der Waals surface area contributed by atoms with Crippen molar-refractivity contribution in [3.8, 4) is 5.75 Å². The number of carbonyl (C=O) groups excluding carboxylic acids is 1. The summed E-state index contributed by atoms with van der Waals surface area (Å²) in [6.45, 7) is -2.21. The van der Waals surface area contributed by atoms with E-state index in [-0.39, 0.29) is 34.0 Å². The van der Waals surface area contributed by atoms with E-state index in [2.05, 4.69) is 0 Å². The van der Waals surface area contributed by atoms with E-state index >= 15 is 0 Å². The van der Waals surface area contributed by atoms with E-state index in [0.717, 1.165) is 36.0 Å². The maximum absolute atomic E-state index is 13.7. The highest BCUT2D eigenvalue weighted by atomic mass is 32.2. The number of benzene rings is 1. The zero-order valence-electron chi connectivity index (χ0n) is 26.5. The first-order chi connectivity index (χ1) is 24.5. The van der Waals surface area contributed by atoms with Crippen LogP contribution in [0.25, 0.3) is 11.0 Å². The third-order valence-electron chi connectivity index (χ3n) is 7.26. The normalized spacial score (nSPS) is 17.3. The van der Waals surface area contributed by atoms with Gasteiger partial charge in [0.25, 0.3) is 27.1 Å². The number of ether oxygens (including phenoxy) is 1. The van der Waals surface area contributed by atoms with Gasteiger partial charge in [-0.2, -0.15) is 8.42 Å². The molecule has 0 aliphatic carbocycles. The summed E-state index contributed by atoms with van der Waals surface area (Å²) < 4.78 is 38.0. The molecule has 0 saturated carbocycles. The molecule has 0 atom stereocenters. The Labute approximate surface area is 313 Å². The van der Waals surface area contributed by atoms with Crippen LogP contribution in [0, 0.1) is 9.20 Å². The molecular weight excluding hydrogens is 805 g/mol. The van der Waals surface area contributed by atoms with Gasteiger partial charge in [-0.3, -0.25) is 47.4 Å². The molecule has 0 radical (unpaired) electrons. The Morgan fingerprint density at radius 1 is 0.865 bits per heavy atom. The van der Waals surface area contributed by atoms with Gasteiger partial charge in [0.1, 0.15) is 48.5 Å². The van der Waals surface area contributed by atoms with Crippen molar-refractivity contribution in [2.24, 2.45) is 0 Å². The van der Waals surface area contributed by atoms with Crippen molar-refractivity contribution in [3.05, 3.63) is 68.4 Å². The fourth-order valence-electron chi connectivity index (χ4n) is 5.04. The lowest BCUT2D eigenvalue weighted by molar-refractivity contribution is -0.140. The summed E-state index contributed by atoms with van der Waals surface area (Å²) in [4.78, 5) is 78.8. The third kappa shape index (κ3) is 8.51. The minimum absolute atomic E-state index is 0.0103. The van der Waals surface area contributed by atoms with Crippen LogP contribution in [-0.4, -0.2) is 96.4 Å². The van der Waals surface area contributed by atoms with Crippen molar-refractivity contribution in [1.29, 1.82) is 0 Å². The van der Waals surface area contributed by atoms with Crippen molar-refractivity contribution in [1.82, 2.24) is 14.0 Å². The molecular formula is C29H26N4O13S6. The number of thiocarbonyl (C=S) groups is 1. The number of carboxylic acid groups (broad SMARTS) is 3. The number of aliphatic carboxylic acids is 3. The van der Waals surface area contributed by atoms with E-state index in [0.29, 0.717) is 46.8 Å². The number of unbranched alkanes of at least 4 members (excludes halogenated alkanes) is 1. The Bertz CT molecular complexity index is 2520. The van der Waals surface area contributed by atoms with Crippen molar-refractivity contribution in [2.45, 2.75) is 30.8 Å². The smallest absolute Gasteiger partial charge is 0.323 e. The zero-order valence-corrected chi connectivity index (χ0v) is 31.4. The lowest BCUT2D eigenvalue weighted by Gasteiger charge is -2.20. The molecule has 1 amide bonds. The van der Waals surface area contributed by atoms with Crippen molar-refractivity contribution >= 4 is 113 Å². The minimum Gasteiger partial charge on any atom is -0.497 e. The summed E-state index contributed by atoms with van der Waals surface area (Å²) in [6, 6.07) is 5.36. The number of aromatic nitrogens is 2. The molecule has 1 aromatic carbocycles. The van der Waals surface area contributed by atoms with Gasteiger partial charge in [-0.1, -0.05) is 35.7 Å². The average molecular weight is 831 g/mol. The van der Waals surface area contributed by atoms with E-state index in [9.17, 15) is 52.5 Å². The Kier molecular flexibility index (Phi) is 11.8. The summed E-state index contributed by atoms with van der Waals surface area (Å²) >= 11 is 8.57. The first kappa shape index (κ1) is 39.0. The number of allylic oxidation sites excluding steroid dienone is 1. The number of nitrogens with zero attached hydrogens (tertiary/aromatic N) is 4. The molecule has 1 saturated heterocycles. The molecule has 4 heterocycles. The van der Waals surface area contributed by atoms with Gasteiger partial charge in [0.15, 0.2) is 0 Å². The third-order valence-corrected chi connectivity index (χ3v) is 13.2. The molecule has 276 valence electrons. The Morgan fingerprint density at radius 3 is 2.13 bits per heavy atom. The van der Waals surface area contributed by atoms with Crippen LogP contribution in [0.1, 0.15) is 12.8 Å². The summed E-state index contributed by atoms with van der Waals surface area (Å²) in [5.41, 5.74) is -0.953. The topological polar surface area (TPSA) is 243 Å². The van der Waals surface area contributed by atoms with Crippen LogP contribution < -0.4 is 30.0 Å². The van der Waals surface area contributed by atoms with Crippen molar-refractivity contribution in [3.63, 3.8) is 0 Å². The molecule has 0 spiro atoms. The van der Waals surface area contributed by atoms with Gasteiger partial charge >= 0.3 is 17.9 Å². The van der Waals surface area contributed by atoms with Gasteiger partial charge in [0.05, 0.1) is 28.1 Å². The fourth-order valence-corrected chi connectivity index (χ4v) is 10.4. The second-order valence-electron chi connectivity index (χ2n) is 10.8. The second kappa shape index (κ2) is 15.8. The number of thioether (sulfide) groups is 2. The van der Waals surface area contributed by atoms with Crippen LogP contribution in [0.2, 0.25) is 0 Å². The summed E-state index contributed by atoms with van der Waals surface area (Å²) in [5.74, 6) is -4.95. The number of fused-ring (bicyclic) bond motifs is 1. The molecule has 5 rings (SSSR count). The van der Waals surface area contributed by atoms with Gasteiger partial charge in [-0.05, 0) is 37.1 Å². The van der Waals surface area contributed by atoms with Gasteiger partial charge in [-0.15, -0.1) is 22.7 Å². The zero-order chi connectivity index (χ0) is 38.1. The number of hydrogen-bond acceptors (Lipinski definition) is 15. The lowest BCUT2D eigenvalue weighted by atomic mass is 10.2. The number of hydrogen-bond donors (Lipinski definition) is 4. The number of rotatable bonds is 13. The van der Waals surface area contributed by atoms with E-state index in [1.165, 1.54) is 24.9 Å². The Morgan fingerprint density at radius 2 is 1.52 bits per heavy atom. The molecule has 52 heavy (non-hydrogen) atoms. The van der Waals surface area contributed by atoms with Gasteiger partial charge in [0, 0.05) is 17.5 Å². The largest absolute Gasteiger partial charge is 0.497 e. The number of anilines is 1. The molecule has 0 unspecified atom stereocenters. The number of methoxy groups -OCH3 is 1. The highest BCUT2D eigenvalue weighted by Crippen LogP contribution is 2.47. The molecule has 0 bridgehead atoms. The van der Waals surface area contributed by atoms with Crippen LogP contribution in [-0.2, 0) is 42.4 Å².